The standard InChI is InChI=1S/C26H20FNO6/c1-3-32-23-15-16(12-13-22(23)33-25(29)18-9-5-7-11-21(18)31-2)14-20-26(30)34-24(28-20)17-8-4-6-10-19(17)27/h4-15H,3H2,1-2H3/b20-14+. The maximum Gasteiger partial charge on any atom is 0.363 e. The summed E-state index contributed by atoms with van der Waals surface area (Å²) in [4.78, 5) is 29.1. The second-order valence-electron chi connectivity index (χ2n) is 7.04. The molecule has 0 N–H and O–H groups in total. The van der Waals surface area contributed by atoms with Crippen LogP contribution in [0.3, 0.4) is 0 Å². The van der Waals surface area contributed by atoms with Gasteiger partial charge in [-0.2, -0.15) is 0 Å². The molecule has 0 bridgehead atoms. The van der Waals surface area contributed by atoms with Gasteiger partial charge in [0.2, 0.25) is 5.90 Å². The lowest BCUT2D eigenvalue weighted by Crippen LogP contribution is -2.11. The molecule has 0 radical (unpaired) electrons. The molecule has 1 heterocycles. The number of nitrogens with zero attached hydrogens (tertiary/aromatic N) is 1. The SMILES string of the molecule is CCOc1cc(/C=C2/N=C(c3ccccc3F)OC2=O)ccc1OC(=O)c1ccccc1OC. The monoisotopic (exact) mass is 461 g/mol. The Hall–Kier alpha value is -4.46. The summed E-state index contributed by atoms with van der Waals surface area (Å²) in [5, 5.41) is 0. The minimum absolute atomic E-state index is 0.000492. The van der Waals surface area contributed by atoms with E-state index in [2.05, 4.69) is 4.99 Å². The predicted molar refractivity (Wildman–Crippen MR) is 123 cm³/mol. The lowest BCUT2D eigenvalue weighted by molar-refractivity contribution is -0.129. The van der Waals surface area contributed by atoms with Crippen molar-refractivity contribution < 1.29 is 32.9 Å². The fourth-order valence-electron chi connectivity index (χ4n) is 3.25. The van der Waals surface area contributed by atoms with Crippen molar-refractivity contribution in [1.29, 1.82) is 0 Å². The van der Waals surface area contributed by atoms with Crippen molar-refractivity contribution >= 4 is 23.9 Å². The molecular formula is C26H20FNO6. The van der Waals surface area contributed by atoms with Crippen molar-refractivity contribution in [2.75, 3.05) is 13.7 Å². The van der Waals surface area contributed by atoms with Crippen LogP contribution in [0.2, 0.25) is 0 Å². The van der Waals surface area contributed by atoms with E-state index in [0.29, 0.717) is 23.7 Å². The molecule has 0 fully saturated rings. The molecule has 4 rings (SSSR count). The van der Waals surface area contributed by atoms with Crippen LogP contribution in [-0.2, 0) is 9.53 Å². The average Bonchev–Trinajstić information content (AvgIpc) is 3.20. The van der Waals surface area contributed by atoms with Gasteiger partial charge in [-0.1, -0.05) is 30.3 Å². The number of carbonyl (C=O) groups excluding carboxylic acids is 2. The number of para-hydroxylation sites is 1. The normalized spacial score (nSPS) is 13.9. The van der Waals surface area contributed by atoms with E-state index in [9.17, 15) is 14.0 Å². The highest BCUT2D eigenvalue weighted by molar-refractivity contribution is 6.13. The highest BCUT2D eigenvalue weighted by Crippen LogP contribution is 2.32. The number of methoxy groups -OCH3 is 1. The summed E-state index contributed by atoms with van der Waals surface area (Å²) < 4.78 is 35.5. The summed E-state index contributed by atoms with van der Waals surface area (Å²) in [6, 6.07) is 17.4. The second-order valence-corrected chi connectivity index (χ2v) is 7.04. The summed E-state index contributed by atoms with van der Waals surface area (Å²) in [5.74, 6) is -1.09. The topological polar surface area (TPSA) is 83.4 Å². The maximum absolute atomic E-state index is 14.0. The molecule has 0 amide bonds. The molecule has 0 saturated heterocycles. The number of benzene rings is 3. The van der Waals surface area contributed by atoms with Gasteiger partial charge in [-0.15, -0.1) is 0 Å². The Kier molecular flexibility index (Phi) is 6.68. The number of hydrogen-bond donors (Lipinski definition) is 0. The van der Waals surface area contributed by atoms with Gasteiger partial charge < -0.3 is 18.9 Å². The van der Waals surface area contributed by atoms with Crippen molar-refractivity contribution in [2.24, 2.45) is 4.99 Å². The number of ether oxygens (including phenoxy) is 4. The molecule has 0 atom stereocenters. The number of carbonyl (C=O) groups is 2. The fourth-order valence-corrected chi connectivity index (χ4v) is 3.25. The summed E-state index contributed by atoms with van der Waals surface area (Å²) >= 11 is 0. The molecule has 1 aliphatic heterocycles. The zero-order chi connectivity index (χ0) is 24.1. The summed E-state index contributed by atoms with van der Waals surface area (Å²) in [5.41, 5.74) is 0.903. The van der Waals surface area contributed by atoms with Gasteiger partial charge in [0.25, 0.3) is 0 Å². The Morgan fingerprint density at radius 2 is 1.79 bits per heavy atom. The van der Waals surface area contributed by atoms with Gasteiger partial charge in [0.15, 0.2) is 17.2 Å². The van der Waals surface area contributed by atoms with Crippen molar-refractivity contribution in [3.8, 4) is 17.2 Å². The van der Waals surface area contributed by atoms with Crippen LogP contribution in [0.25, 0.3) is 6.08 Å². The van der Waals surface area contributed by atoms with Crippen LogP contribution in [-0.4, -0.2) is 31.6 Å². The predicted octanol–water partition coefficient (Wildman–Crippen LogP) is 4.80. The van der Waals surface area contributed by atoms with Gasteiger partial charge in [0.05, 0.1) is 19.3 Å². The number of aliphatic imine (C=N–C) groups is 1. The van der Waals surface area contributed by atoms with Crippen LogP contribution in [0.15, 0.2) is 77.4 Å². The number of esters is 2. The molecule has 0 unspecified atom stereocenters. The number of cyclic esters (lactones) is 1. The third-order valence-electron chi connectivity index (χ3n) is 4.83. The quantitative estimate of drug-likeness (QED) is 0.286. The van der Waals surface area contributed by atoms with Gasteiger partial charge >= 0.3 is 11.9 Å². The van der Waals surface area contributed by atoms with Crippen molar-refractivity contribution in [3.63, 3.8) is 0 Å². The zero-order valence-electron chi connectivity index (χ0n) is 18.4. The summed E-state index contributed by atoms with van der Waals surface area (Å²) in [6.07, 6.45) is 1.48. The van der Waals surface area contributed by atoms with Crippen molar-refractivity contribution in [3.05, 3.63) is 94.9 Å². The Morgan fingerprint density at radius 3 is 2.56 bits per heavy atom. The summed E-state index contributed by atoms with van der Waals surface area (Å²) in [7, 11) is 1.47. The highest BCUT2D eigenvalue weighted by Gasteiger charge is 2.26. The van der Waals surface area contributed by atoms with E-state index in [1.54, 1.807) is 55.5 Å². The summed E-state index contributed by atoms with van der Waals surface area (Å²) in [6.45, 7) is 2.10. The molecule has 0 spiro atoms. The molecule has 0 aliphatic carbocycles. The van der Waals surface area contributed by atoms with Crippen molar-refractivity contribution in [2.45, 2.75) is 6.92 Å². The van der Waals surface area contributed by atoms with Crippen molar-refractivity contribution in [1.82, 2.24) is 0 Å². The first-order chi connectivity index (χ1) is 16.5. The molecule has 0 saturated carbocycles. The number of halogens is 1. The largest absolute Gasteiger partial charge is 0.496 e. The van der Waals surface area contributed by atoms with E-state index in [-0.39, 0.29) is 28.5 Å². The first kappa shape index (κ1) is 22.7. The third kappa shape index (κ3) is 4.80. The number of rotatable bonds is 7. The molecule has 34 heavy (non-hydrogen) atoms. The van der Waals surface area contributed by atoms with E-state index < -0.39 is 17.8 Å². The molecule has 7 nitrogen and oxygen atoms in total. The van der Waals surface area contributed by atoms with Crippen LogP contribution in [0.1, 0.15) is 28.4 Å². The van der Waals surface area contributed by atoms with Gasteiger partial charge in [-0.25, -0.2) is 19.0 Å². The number of hydrogen-bond acceptors (Lipinski definition) is 7. The maximum atomic E-state index is 14.0. The molecule has 1 aliphatic rings. The highest BCUT2D eigenvalue weighted by atomic mass is 19.1. The Balaban J connectivity index is 1.61. The first-order valence-corrected chi connectivity index (χ1v) is 10.4. The molecule has 3 aromatic rings. The van der Waals surface area contributed by atoms with Gasteiger partial charge in [0.1, 0.15) is 17.1 Å². The molecule has 172 valence electrons. The van der Waals surface area contributed by atoms with Gasteiger partial charge in [-0.05, 0) is 55.0 Å². The van der Waals surface area contributed by atoms with E-state index in [1.165, 1.54) is 31.4 Å². The Labute approximate surface area is 195 Å². The van der Waals surface area contributed by atoms with E-state index in [0.717, 1.165) is 0 Å². The second kappa shape index (κ2) is 9.99. The lowest BCUT2D eigenvalue weighted by Gasteiger charge is -2.12. The van der Waals surface area contributed by atoms with Crippen LogP contribution in [0.4, 0.5) is 4.39 Å². The smallest absolute Gasteiger partial charge is 0.363 e. The minimum Gasteiger partial charge on any atom is -0.496 e. The molecule has 8 heteroatoms. The zero-order valence-corrected chi connectivity index (χ0v) is 18.4. The molecular weight excluding hydrogens is 441 g/mol. The fraction of sp³-hybridized carbons (Fsp3) is 0.115. The van der Waals surface area contributed by atoms with E-state index in [4.69, 9.17) is 18.9 Å². The minimum atomic E-state index is -0.706. The van der Waals surface area contributed by atoms with E-state index >= 15 is 0 Å². The van der Waals surface area contributed by atoms with Gasteiger partial charge in [-0.3, -0.25) is 0 Å². The lowest BCUT2D eigenvalue weighted by atomic mass is 10.1. The van der Waals surface area contributed by atoms with Gasteiger partial charge in [0, 0.05) is 0 Å². The van der Waals surface area contributed by atoms with Crippen LogP contribution >= 0.6 is 0 Å². The third-order valence-corrected chi connectivity index (χ3v) is 4.83. The van der Waals surface area contributed by atoms with E-state index in [1.807, 2.05) is 0 Å². The van der Waals surface area contributed by atoms with Crippen LogP contribution in [0.5, 0.6) is 17.2 Å². The van der Waals surface area contributed by atoms with Crippen LogP contribution in [0, 0.1) is 5.82 Å². The molecule has 0 aromatic heterocycles. The molecule has 3 aromatic carbocycles. The van der Waals surface area contributed by atoms with Crippen LogP contribution < -0.4 is 14.2 Å². The first-order valence-electron chi connectivity index (χ1n) is 10.4. The Morgan fingerprint density at radius 1 is 1.03 bits per heavy atom. The Bertz CT molecular complexity index is 1310. The average molecular weight is 461 g/mol.